The molecule has 0 amide bonds. The van der Waals surface area contributed by atoms with Crippen molar-refractivity contribution in [2.24, 2.45) is 11.8 Å². The molecule has 8 heteroatoms. The largest absolute Gasteiger partial charge is 0.492 e. The highest BCUT2D eigenvalue weighted by atomic mass is 16.7. The fourth-order valence-electron chi connectivity index (χ4n) is 4.87. The van der Waals surface area contributed by atoms with Crippen LogP contribution in [0.3, 0.4) is 0 Å². The van der Waals surface area contributed by atoms with Crippen molar-refractivity contribution >= 4 is 5.97 Å². The predicted octanol–water partition coefficient (Wildman–Crippen LogP) is 4.26. The minimum atomic E-state index is -0.510. The van der Waals surface area contributed by atoms with E-state index in [1.165, 1.54) is 6.92 Å². The number of carbonyl (C=O) groups is 1. The van der Waals surface area contributed by atoms with Crippen molar-refractivity contribution in [3.63, 3.8) is 0 Å². The van der Waals surface area contributed by atoms with E-state index >= 15 is 0 Å². The summed E-state index contributed by atoms with van der Waals surface area (Å²) in [5.41, 5.74) is 3.37. The number of hydrogen-bond acceptors (Lipinski definition) is 8. The molecule has 170 valence electrons. The fourth-order valence-corrected chi connectivity index (χ4v) is 4.87. The number of hydrogen-bond donors (Lipinski definition) is 0. The lowest BCUT2D eigenvalue weighted by atomic mass is 9.76. The van der Waals surface area contributed by atoms with Crippen molar-refractivity contribution in [2.75, 3.05) is 27.8 Å². The van der Waals surface area contributed by atoms with Gasteiger partial charge in [-0.25, -0.2) is 0 Å². The molecule has 1 aliphatic carbocycles. The van der Waals surface area contributed by atoms with Gasteiger partial charge in [0, 0.05) is 29.5 Å². The highest BCUT2D eigenvalue weighted by molar-refractivity contribution is 5.89. The van der Waals surface area contributed by atoms with Gasteiger partial charge in [0.1, 0.15) is 6.10 Å². The minimum absolute atomic E-state index is 0.0206. The molecule has 3 aliphatic rings. The van der Waals surface area contributed by atoms with Crippen molar-refractivity contribution < 1.29 is 38.0 Å². The van der Waals surface area contributed by atoms with Gasteiger partial charge in [0.05, 0.1) is 14.2 Å². The Kier molecular flexibility index (Phi) is 4.95. The highest BCUT2D eigenvalue weighted by Crippen LogP contribution is 2.59. The molecule has 0 fully saturated rings. The lowest BCUT2D eigenvalue weighted by molar-refractivity contribution is -0.150. The second-order valence-electron chi connectivity index (χ2n) is 8.36. The molecule has 0 N–H and O–H groups in total. The van der Waals surface area contributed by atoms with Gasteiger partial charge in [-0.2, -0.15) is 0 Å². The molecule has 2 heterocycles. The van der Waals surface area contributed by atoms with Crippen LogP contribution in [0.1, 0.15) is 38.0 Å². The Labute approximate surface area is 186 Å². The topological polar surface area (TPSA) is 81.7 Å². The van der Waals surface area contributed by atoms with Gasteiger partial charge in [-0.05, 0) is 30.0 Å². The monoisotopic (exact) mass is 442 g/mol. The van der Waals surface area contributed by atoms with E-state index in [1.54, 1.807) is 14.2 Å². The summed E-state index contributed by atoms with van der Waals surface area (Å²) in [6.07, 6.45) is 0.211. The Balaban J connectivity index is 1.90. The number of esters is 1. The maximum absolute atomic E-state index is 12.1. The van der Waals surface area contributed by atoms with E-state index in [-0.39, 0.29) is 31.4 Å². The van der Waals surface area contributed by atoms with Gasteiger partial charge in [0.15, 0.2) is 23.0 Å². The number of ether oxygens (including phenoxy) is 7. The van der Waals surface area contributed by atoms with Gasteiger partial charge in [0.25, 0.3) is 0 Å². The van der Waals surface area contributed by atoms with E-state index in [4.69, 9.17) is 33.2 Å². The van der Waals surface area contributed by atoms with E-state index in [0.717, 1.165) is 28.7 Å². The van der Waals surface area contributed by atoms with Crippen molar-refractivity contribution in [2.45, 2.75) is 33.3 Å². The molecule has 32 heavy (non-hydrogen) atoms. The molecular formula is C24H26O8. The molecule has 0 spiro atoms. The number of benzene rings is 2. The Bertz CT molecular complexity index is 1090. The zero-order chi connectivity index (χ0) is 22.6. The van der Waals surface area contributed by atoms with Crippen molar-refractivity contribution in [3.8, 4) is 45.6 Å². The lowest BCUT2D eigenvalue weighted by Crippen LogP contribution is -2.26. The fraction of sp³-hybridized carbons (Fsp3) is 0.458. The Hall–Kier alpha value is -3.29. The molecule has 3 atom stereocenters. The second-order valence-corrected chi connectivity index (χ2v) is 8.36. The third-order valence-electron chi connectivity index (χ3n) is 6.53. The quantitative estimate of drug-likeness (QED) is 0.653. The normalized spacial score (nSPS) is 22.3. The maximum atomic E-state index is 12.1. The molecular weight excluding hydrogens is 416 g/mol. The zero-order valence-electron chi connectivity index (χ0n) is 18.8. The Morgan fingerprint density at radius 3 is 2.09 bits per heavy atom. The molecule has 5 rings (SSSR count). The molecule has 2 aromatic carbocycles. The number of carbonyl (C=O) groups excluding carboxylic acids is 1. The first kappa shape index (κ1) is 20.6. The molecule has 0 bridgehead atoms. The van der Waals surface area contributed by atoms with Crippen LogP contribution in [0.5, 0.6) is 34.5 Å². The van der Waals surface area contributed by atoms with Crippen LogP contribution in [-0.4, -0.2) is 33.8 Å². The van der Waals surface area contributed by atoms with Crippen molar-refractivity contribution in [1.82, 2.24) is 0 Å². The Morgan fingerprint density at radius 2 is 1.50 bits per heavy atom. The van der Waals surface area contributed by atoms with Gasteiger partial charge >= 0.3 is 5.97 Å². The summed E-state index contributed by atoms with van der Waals surface area (Å²) < 4.78 is 40.5. The third kappa shape index (κ3) is 3.00. The van der Waals surface area contributed by atoms with E-state index in [1.807, 2.05) is 12.1 Å². The molecule has 0 radical (unpaired) electrons. The van der Waals surface area contributed by atoms with Crippen LogP contribution in [-0.2, 0) is 16.0 Å². The average molecular weight is 442 g/mol. The SMILES string of the molecule is COc1c2c(cc3c1-c1c(cc4c(c1OC)OCO4)[C@@H](OC(C)=O)[C@@H](C)[C@@H](C)C3)OCO2. The predicted molar refractivity (Wildman–Crippen MR) is 114 cm³/mol. The second kappa shape index (κ2) is 7.69. The first-order valence-corrected chi connectivity index (χ1v) is 10.6. The van der Waals surface area contributed by atoms with Gasteiger partial charge in [-0.1, -0.05) is 13.8 Å². The molecule has 8 nitrogen and oxygen atoms in total. The zero-order valence-corrected chi connectivity index (χ0v) is 18.8. The third-order valence-corrected chi connectivity index (χ3v) is 6.53. The summed E-state index contributed by atoms with van der Waals surface area (Å²) in [6.45, 7) is 5.88. The van der Waals surface area contributed by atoms with Crippen molar-refractivity contribution in [3.05, 3.63) is 23.3 Å². The summed E-state index contributed by atoms with van der Waals surface area (Å²) in [6, 6.07) is 3.89. The van der Waals surface area contributed by atoms with Gasteiger partial charge < -0.3 is 33.2 Å². The van der Waals surface area contributed by atoms with Gasteiger partial charge in [-0.3, -0.25) is 4.79 Å². The van der Waals surface area contributed by atoms with E-state index in [2.05, 4.69) is 13.8 Å². The molecule has 0 unspecified atom stereocenters. The smallest absolute Gasteiger partial charge is 0.303 e. The van der Waals surface area contributed by atoms with E-state index in [0.29, 0.717) is 34.5 Å². The van der Waals surface area contributed by atoms with Crippen molar-refractivity contribution in [1.29, 1.82) is 0 Å². The molecule has 0 saturated carbocycles. The van der Waals surface area contributed by atoms with Crippen LogP contribution in [0.25, 0.3) is 11.1 Å². The van der Waals surface area contributed by atoms with Crippen LogP contribution in [0.2, 0.25) is 0 Å². The summed E-state index contributed by atoms with van der Waals surface area (Å²) in [5, 5.41) is 0. The highest BCUT2D eigenvalue weighted by Gasteiger charge is 2.40. The summed E-state index contributed by atoms with van der Waals surface area (Å²) in [4.78, 5) is 12.1. The van der Waals surface area contributed by atoms with Crippen LogP contribution < -0.4 is 28.4 Å². The van der Waals surface area contributed by atoms with E-state index < -0.39 is 6.10 Å². The molecule has 0 aromatic heterocycles. The van der Waals surface area contributed by atoms with Crippen LogP contribution in [0, 0.1) is 11.8 Å². The standard InChI is InChI=1S/C24H26O8/c1-11-6-14-7-16-21(30-9-28-16)23(26-4)18(14)19-15(20(12(11)2)32-13(3)25)8-17-22(24(19)27-5)31-10-29-17/h7-8,11-12,20H,6,9-10H2,1-5H3/t11-,12-,20-/m0/s1. The molecule has 2 aromatic rings. The average Bonchev–Trinajstić information content (AvgIpc) is 3.43. The Morgan fingerprint density at radius 1 is 0.906 bits per heavy atom. The first-order valence-electron chi connectivity index (χ1n) is 10.6. The minimum Gasteiger partial charge on any atom is -0.492 e. The number of rotatable bonds is 3. The van der Waals surface area contributed by atoms with Crippen LogP contribution in [0.4, 0.5) is 0 Å². The van der Waals surface area contributed by atoms with Gasteiger partial charge in [-0.15, -0.1) is 0 Å². The molecule has 2 aliphatic heterocycles. The van der Waals surface area contributed by atoms with E-state index in [9.17, 15) is 4.79 Å². The first-order chi connectivity index (χ1) is 15.4. The maximum Gasteiger partial charge on any atom is 0.303 e. The summed E-state index contributed by atoms with van der Waals surface area (Å²) in [7, 11) is 3.19. The summed E-state index contributed by atoms with van der Waals surface area (Å²) >= 11 is 0. The molecule has 0 saturated heterocycles. The summed E-state index contributed by atoms with van der Waals surface area (Å²) in [5.74, 6) is 3.18. The number of fused-ring (bicyclic) bond motifs is 5. The van der Waals surface area contributed by atoms with Crippen LogP contribution >= 0.6 is 0 Å². The number of methoxy groups -OCH3 is 2. The van der Waals surface area contributed by atoms with Gasteiger partial charge in [0.2, 0.25) is 25.1 Å². The van der Waals surface area contributed by atoms with Crippen LogP contribution in [0.15, 0.2) is 12.1 Å². The lowest BCUT2D eigenvalue weighted by Gasteiger charge is -2.34.